The van der Waals surface area contributed by atoms with Crippen LogP contribution in [-0.2, 0) is 27.9 Å². The largest absolute Gasteiger partial charge is 0.472 e. The highest BCUT2D eigenvalue weighted by atomic mass is 31.2. The van der Waals surface area contributed by atoms with E-state index in [0.29, 0.717) is 24.1 Å². The molecule has 8 nitrogen and oxygen atoms in total. The van der Waals surface area contributed by atoms with Crippen molar-refractivity contribution in [2.75, 3.05) is 54.1 Å². The molecule has 0 heterocycles. The smallest absolute Gasteiger partial charge is 0.457 e. The molecule has 0 bridgehead atoms. The molecule has 0 aromatic rings. The number of hydrogen-bond acceptors (Lipinski definition) is 6. The molecule has 1 N–H and O–H groups in total. The third-order valence-corrected chi connectivity index (χ3v) is 13.4. The summed E-state index contributed by atoms with van der Waals surface area (Å²) >= 11 is 0. The summed E-state index contributed by atoms with van der Waals surface area (Å²) in [7, 11) is 1.69. The first-order valence-electron chi connectivity index (χ1n) is 27.3. The quantitative estimate of drug-likeness (QED) is 0.0281. The van der Waals surface area contributed by atoms with Crippen LogP contribution >= 0.6 is 7.82 Å². The van der Waals surface area contributed by atoms with Crippen LogP contribution in [0.15, 0.2) is 0 Å². The summed E-state index contributed by atoms with van der Waals surface area (Å²) in [6.45, 7) is 5.71. The molecule has 0 aliphatic heterocycles. The first kappa shape index (κ1) is 61.5. The van der Waals surface area contributed by atoms with Crippen molar-refractivity contribution in [2.45, 2.75) is 283 Å². The highest BCUT2D eigenvalue weighted by Crippen LogP contribution is 2.43. The van der Waals surface area contributed by atoms with Gasteiger partial charge in [0, 0.05) is 13.0 Å². The number of likely N-dealkylation sites (N-methyl/N-ethyl adjacent to an activating group) is 1. The van der Waals surface area contributed by atoms with E-state index in [0.717, 1.165) is 32.1 Å². The Bertz CT molecular complexity index is 961. The zero-order valence-corrected chi connectivity index (χ0v) is 43.3. The molecule has 62 heavy (non-hydrogen) atoms. The molecule has 9 heteroatoms. The van der Waals surface area contributed by atoms with Crippen LogP contribution in [0.3, 0.4) is 0 Å². The highest BCUT2D eigenvalue weighted by Gasteiger charge is 2.26. The van der Waals surface area contributed by atoms with E-state index >= 15 is 0 Å². The van der Waals surface area contributed by atoms with Gasteiger partial charge in [0.25, 0.3) is 0 Å². The van der Waals surface area contributed by atoms with Gasteiger partial charge in [0.15, 0.2) is 0 Å². The van der Waals surface area contributed by atoms with Gasteiger partial charge in [0.1, 0.15) is 19.3 Å². The zero-order valence-electron chi connectivity index (χ0n) is 42.4. The van der Waals surface area contributed by atoms with Gasteiger partial charge in [-0.1, -0.05) is 258 Å². The van der Waals surface area contributed by atoms with Gasteiger partial charge in [-0.25, -0.2) is 4.57 Å². The van der Waals surface area contributed by atoms with Crippen LogP contribution in [0, 0.1) is 0 Å². The molecule has 0 aliphatic rings. The lowest BCUT2D eigenvalue weighted by Gasteiger charge is -2.24. The van der Waals surface area contributed by atoms with Crippen LogP contribution < -0.4 is 0 Å². The molecular formula is C53H109NO7P+. The van der Waals surface area contributed by atoms with Gasteiger partial charge >= 0.3 is 13.8 Å². The van der Waals surface area contributed by atoms with Crippen LogP contribution in [-0.4, -0.2) is 75.6 Å². The number of hydrogen-bond donors (Lipinski definition) is 1. The van der Waals surface area contributed by atoms with Gasteiger partial charge in [-0.3, -0.25) is 13.8 Å². The predicted octanol–water partition coefficient (Wildman–Crippen LogP) is 16.8. The average Bonchev–Trinajstić information content (AvgIpc) is 3.23. The Morgan fingerprint density at radius 3 is 1.06 bits per heavy atom. The Hall–Kier alpha value is -0.500. The molecule has 0 aromatic heterocycles. The zero-order chi connectivity index (χ0) is 45.5. The van der Waals surface area contributed by atoms with Gasteiger partial charge in [0.05, 0.1) is 34.4 Å². The second kappa shape index (κ2) is 47.0. The average molecular weight is 903 g/mol. The maximum Gasteiger partial charge on any atom is 0.472 e. The molecular weight excluding hydrogens is 794 g/mol. The fourth-order valence-corrected chi connectivity index (χ4v) is 8.95. The molecule has 0 fully saturated rings. The molecule has 0 spiro atoms. The fourth-order valence-electron chi connectivity index (χ4n) is 8.20. The third-order valence-electron chi connectivity index (χ3n) is 12.4. The Morgan fingerprint density at radius 2 is 0.742 bits per heavy atom. The minimum atomic E-state index is -4.27. The molecule has 372 valence electrons. The maximum absolute atomic E-state index is 12.7. The second-order valence-electron chi connectivity index (χ2n) is 20.0. The van der Waals surface area contributed by atoms with E-state index in [1.165, 1.54) is 225 Å². The third kappa shape index (κ3) is 50.5. The molecule has 0 aliphatic carbocycles. The molecule has 2 atom stereocenters. The Kier molecular flexibility index (Phi) is 46.6. The lowest BCUT2D eigenvalue weighted by molar-refractivity contribution is -0.870. The van der Waals surface area contributed by atoms with Crippen molar-refractivity contribution in [1.29, 1.82) is 0 Å². The fraction of sp³-hybridized carbons (Fsp3) is 0.981. The second-order valence-corrected chi connectivity index (χ2v) is 21.4. The van der Waals surface area contributed by atoms with E-state index in [1.54, 1.807) is 0 Å². The summed E-state index contributed by atoms with van der Waals surface area (Å²) in [5, 5.41) is 0. The molecule has 0 radical (unpaired) electrons. The summed E-state index contributed by atoms with van der Waals surface area (Å²) < 4.78 is 35.2. The number of carbonyl (C=O) groups excluding carboxylic acids is 1. The van der Waals surface area contributed by atoms with Gasteiger partial charge < -0.3 is 18.9 Å². The van der Waals surface area contributed by atoms with E-state index in [2.05, 4.69) is 13.8 Å². The van der Waals surface area contributed by atoms with Crippen molar-refractivity contribution in [3.63, 3.8) is 0 Å². The summed E-state index contributed by atoms with van der Waals surface area (Å²) in [6.07, 6.45) is 53.0. The highest BCUT2D eigenvalue weighted by molar-refractivity contribution is 7.47. The first-order valence-corrected chi connectivity index (χ1v) is 28.8. The molecule has 0 amide bonds. The molecule has 0 aromatic carbocycles. The molecule has 0 rings (SSSR count). The predicted molar refractivity (Wildman–Crippen MR) is 266 cm³/mol. The van der Waals surface area contributed by atoms with E-state index in [-0.39, 0.29) is 25.8 Å². The lowest BCUT2D eigenvalue weighted by atomic mass is 10.0. The molecule has 0 saturated heterocycles. The number of quaternary nitrogens is 1. The van der Waals surface area contributed by atoms with Crippen molar-refractivity contribution in [1.82, 2.24) is 0 Å². The van der Waals surface area contributed by atoms with Crippen molar-refractivity contribution in [3.05, 3.63) is 0 Å². The number of rotatable bonds is 52. The van der Waals surface area contributed by atoms with Crippen molar-refractivity contribution in [2.24, 2.45) is 0 Å². The van der Waals surface area contributed by atoms with Gasteiger partial charge in [0.2, 0.25) is 0 Å². The van der Waals surface area contributed by atoms with Crippen LogP contribution in [0.2, 0.25) is 0 Å². The van der Waals surface area contributed by atoms with Gasteiger partial charge in [-0.2, -0.15) is 0 Å². The number of ether oxygens (including phenoxy) is 2. The lowest BCUT2D eigenvalue weighted by Crippen LogP contribution is -2.37. The Labute approximate surface area is 387 Å². The summed E-state index contributed by atoms with van der Waals surface area (Å²) in [4.78, 5) is 23.0. The maximum atomic E-state index is 12.7. The number of nitrogens with zero attached hydrogens (tertiary/aromatic N) is 1. The molecule has 0 saturated carbocycles. The van der Waals surface area contributed by atoms with Gasteiger partial charge in [-0.15, -0.1) is 0 Å². The number of phosphoric ester groups is 1. The number of carbonyl (C=O) groups is 1. The first-order chi connectivity index (χ1) is 30.1. The van der Waals surface area contributed by atoms with Crippen molar-refractivity contribution >= 4 is 13.8 Å². The van der Waals surface area contributed by atoms with Crippen molar-refractivity contribution in [3.8, 4) is 0 Å². The summed E-state index contributed by atoms with van der Waals surface area (Å²) in [5.41, 5.74) is 0. The monoisotopic (exact) mass is 903 g/mol. The Morgan fingerprint density at radius 1 is 0.435 bits per heavy atom. The van der Waals surface area contributed by atoms with E-state index in [1.807, 2.05) is 21.1 Å². The van der Waals surface area contributed by atoms with Crippen LogP contribution in [0.25, 0.3) is 0 Å². The van der Waals surface area contributed by atoms with E-state index < -0.39 is 13.9 Å². The Balaban J connectivity index is 3.99. The summed E-state index contributed by atoms with van der Waals surface area (Å²) in [5.74, 6) is -0.305. The number of unbranched alkanes of at least 4 members (excludes halogenated alkanes) is 38. The van der Waals surface area contributed by atoms with E-state index in [9.17, 15) is 14.3 Å². The molecule has 2 unspecified atom stereocenters. The topological polar surface area (TPSA) is 91.3 Å². The van der Waals surface area contributed by atoms with Crippen LogP contribution in [0.5, 0.6) is 0 Å². The SMILES string of the molecule is CCCCCCCCCCCCCCCCCCCCCCCCCCCOCC(COP(=O)(O)OCC[N+](C)(C)C)OC(=O)CCCCCCCCCCCCCCCCC. The van der Waals surface area contributed by atoms with E-state index in [4.69, 9.17) is 18.5 Å². The number of esters is 1. The summed E-state index contributed by atoms with van der Waals surface area (Å²) in [6, 6.07) is 0. The van der Waals surface area contributed by atoms with Crippen LogP contribution in [0.1, 0.15) is 277 Å². The van der Waals surface area contributed by atoms with Gasteiger partial charge in [-0.05, 0) is 12.8 Å². The van der Waals surface area contributed by atoms with Crippen molar-refractivity contribution < 1.29 is 37.3 Å². The standard InChI is InChI=1S/C53H108NO7P/c1-6-8-10-12-14-16-18-20-22-23-24-25-26-27-28-29-30-31-33-35-37-39-41-43-45-48-58-50-52(51-60-62(56,57)59-49-47-54(3,4)5)61-53(55)46-44-42-40-38-36-34-32-21-19-17-15-13-11-9-7-2/h52H,6-51H2,1-5H3/p+1. The number of phosphoric acid groups is 1. The minimum Gasteiger partial charge on any atom is -0.457 e. The minimum absolute atomic E-state index is 0.0943. The normalized spacial score (nSPS) is 13.5. The van der Waals surface area contributed by atoms with Crippen LogP contribution in [0.4, 0.5) is 0 Å².